The standard InChI is InChI=1S/C24H17F2OS.C21H21O3S.C21H21O2S.C21H21OS.C21H21S.5CH4/c25-18-6-12-22(13-7-18)28(23-14-8-19(26)9-15-23)24-16-10-21(11-17-24)27-20-4-2-1-3-5-20;1-22-16-4-10-19(11-5-16)25(20-12-6-17(23-2)7-13-20)21-14-8-18(24-3)9-15-21;1-16-4-10-19(11-5-16)24(20-12-6-17(22-2)7-13-20)21-14-8-18(23-3)9-15-21;1-16-4-10-19(11-5-16)23(20-12-6-17(2)7-13-20)21-14-8-18(22-3)9-15-21;1-16-4-10-19(11-5-16)22(20-12-6-17(2)7-13-20)21-14-8-18(3)9-15-21;;;;;/h1-17H;4-15H,1-3H3;4-15H,1-3H3;4-15H,1-3H3;4-15H,1-3H3;5*1H4/q5*+1;;;;;. The van der Waals surface area contributed by atoms with Crippen molar-refractivity contribution in [3.05, 3.63) is 439 Å². The molecule has 7 nitrogen and oxygen atoms in total. The Morgan fingerprint density at radius 1 is 0.150 bits per heavy atom. The molecule has 0 saturated carbocycles. The second-order valence-electron chi connectivity index (χ2n) is 28.3. The van der Waals surface area contributed by atoms with Crippen LogP contribution >= 0.6 is 0 Å². The zero-order valence-corrected chi connectivity index (χ0v) is 74.8. The summed E-state index contributed by atoms with van der Waals surface area (Å²) in [4.78, 5) is 18.6. The van der Waals surface area contributed by atoms with Crippen LogP contribution in [0, 0.1) is 53.2 Å². The molecule has 654 valence electrons. The smallest absolute Gasteiger partial charge is 0.166 e. The Kier molecular flexibility index (Phi) is 41.2. The molecule has 0 radical (unpaired) electrons. The Morgan fingerprint density at radius 3 is 0.409 bits per heavy atom. The van der Waals surface area contributed by atoms with E-state index in [4.69, 9.17) is 33.2 Å². The van der Waals surface area contributed by atoms with Crippen LogP contribution in [0.15, 0.2) is 468 Å². The average molecular weight is 1790 g/mol. The first-order valence-corrected chi connectivity index (χ1v) is 45.9. The summed E-state index contributed by atoms with van der Waals surface area (Å²) in [7, 11) is 9.16. The van der Waals surface area contributed by atoms with Gasteiger partial charge in [0.1, 0.15) is 57.6 Å². The first-order chi connectivity index (χ1) is 59.4. The van der Waals surface area contributed by atoms with Gasteiger partial charge in [0.05, 0.1) is 97.1 Å². The van der Waals surface area contributed by atoms with E-state index in [1.165, 1.54) is 116 Å². The summed E-state index contributed by atoms with van der Waals surface area (Å²) in [6.45, 7) is 12.8. The molecular formula is C113H121F2O7S5+5. The summed E-state index contributed by atoms with van der Waals surface area (Å²) in [6.07, 6.45) is 0. The minimum atomic E-state index is -0.475. The number of halogens is 2. The van der Waals surface area contributed by atoms with E-state index < -0.39 is 10.9 Å². The van der Waals surface area contributed by atoms with Gasteiger partial charge in [-0.1, -0.05) is 162 Å². The summed E-state index contributed by atoms with van der Waals surface area (Å²) in [5.41, 5.74) is 7.76. The molecule has 0 aromatic heterocycles. The van der Waals surface area contributed by atoms with Crippen molar-refractivity contribution in [3.8, 4) is 46.0 Å². The minimum absolute atomic E-state index is 0. The first-order valence-electron chi connectivity index (χ1n) is 39.8. The fourth-order valence-corrected chi connectivity index (χ4v) is 23.0. The van der Waals surface area contributed by atoms with Gasteiger partial charge >= 0.3 is 0 Å². The predicted octanol–water partition coefficient (Wildman–Crippen LogP) is 31.1. The highest BCUT2D eigenvalue weighted by atomic mass is 32.2. The number of rotatable bonds is 23. The highest BCUT2D eigenvalue weighted by Gasteiger charge is 2.34. The van der Waals surface area contributed by atoms with Crippen molar-refractivity contribution in [2.75, 3.05) is 42.7 Å². The van der Waals surface area contributed by atoms with Crippen LogP contribution in [0.1, 0.15) is 70.5 Å². The van der Waals surface area contributed by atoms with Crippen molar-refractivity contribution in [2.45, 2.75) is 152 Å². The molecule has 16 aromatic carbocycles. The van der Waals surface area contributed by atoms with E-state index in [1.807, 2.05) is 127 Å². The molecule has 0 N–H and O–H groups in total. The van der Waals surface area contributed by atoms with Crippen LogP contribution in [0.3, 0.4) is 0 Å². The number of hydrogen-bond donors (Lipinski definition) is 0. The molecule has 16 aromatic rings. The lowest BCUT2D eigenvalue weighted by Gasteiger charge is -2.10. The molecule has 0 amide bonds. The predicted molar refractivity (Wildman–Crippen MR) is 535 cm³/mol. The number of methoxy groups -OCH3 is 6. The zero-order chi connectivity index (χ0) is 85.7. The van der Waals surface area contributed by atoms with Gasteiger partial charge in [0, 0.05) is 0 Å². The van der Waals surface area contributed by atoms with E-state index in [-0.39, 0.29) is 92.3 Å². The van der Waals surface area contributed by atoms with Gasteiger partial charge in [-0.3, -0.25) is 0 Å². The zero-order valence-electron chi connectivity index (χ0n) is 70.7. The summed E-state index contributed by atoms with van der Waals surface area (Å²) in [5.74, 6) is 6.16. The molecule has 0 heterocycles. The lowest BCUT2D eigenvalue weighted by atomic mass is 10.2. The van der Waals surface area contributed by atoms with E-state index in [9.17, 15) is 8.78 Å². The Bertz CT molecular complexity index is 5450. The van der Waals surface area contributed by atoms with Crippen LogP contribution in [0.2, 0.25) is 0 Å². The van der Waals surface area contributed by atoms with Crippen molar-refractivity contribution in [1.82, 2.24) is 0 Å². The molecular weight excluding hydrogens is 1670 g/mol. The maximum Gasteiger partial charge on any atom is 0.166 e. The highest BCUT2D eigenvalue weighted by molar-refractivity contribution is 7.98. The van der Waals surface area contributed by atoms with Gasteiger partial charge in [-0.2, -0.15) is 0 Å². The molecule has 0 aliphatic carbocycles. The Hall–Kier alpha value is -12.3. The number of ether oxygens (including phenoxy) is 7. The van der Waals surface area contributed by atoms with E-state index in [0.29, 0.717) is 0 Å². The lowest BCUT2D eigenvalue weighted by molar-refractivity contribution is 0.414. The van der Waals surface area contributed by atoms with Gasteiger partial charge < -0.3 is 33.2 Å². The topological polar surface area (TPSA) is 64.6 Å². The lowest BCUT2D eigenvalue weighted by Crippen LogP contribution is -2.05. The van der Waals surface area contributed by atoms with Crippen molar-refractivity contribution < 1.29 is 41.9 Å². The number of aryl methyl sites for hydroxylation is 6. The van der Waals surface area contributed by atoms with Crippen LogP contribution in [0.4, 0.5) is 8.78 Å². The molecule has 0 spiro atoms. The van der Waals surface area contributed by atoms with Crippen LogP contribution in [-0.4, -0.2) is 42.7 Å². The van der Waals surface area contributed by atoms with E-state index in [1.54, 1.807) is 66.9 Å². The third-order valence-electron chi connectivity index (χ3n) is 19.4. The summed E-state index contributed by atoms with van der Waals surface area (Å²) in [6, 6.07) is 133. The number of para-hydroxylation sites is 1. The summed E-state index contributed by atoms with van der Waals surface area (Å²) < 4.78 is 64.4. The molecule has 0 aliphatic heterocycles. The molecule has 0 atom stereocenters. The molecule has 0 saturated heterocycles. The number of benzene rings is 16. The maximum absolute atomic E-state index is 13.4. The van der Waals surface area contributed by atoms with Gasteiger partial charge in [-0.05, 0) is 345 Å². The molecule has 14 heteroatoms. The molecule has 127 heavy (non-hydrogen) atoms. The quantitative estimate of drug-likeness (QED) is 0.0591. The Morgan fingerprint density at radius 2 is 0.268 bits per heavy atom. The van der Waals surface area contributed by atoms with Crippen LogP contribution in [0.5, 0.6) is 46.0 Å². The van der Waals surface area contributed by atoms with E-state index in [0.717, 1.165) is 60.7 Å². The average Bonchev–Trinajstić information content (AvgIpc) is 0.829. The van der Waals surface area contributed by atoms with Crippen molar-refractivity contribution in [3.63, 3.8) is 0 Å². The normalized spacial score (nSPS) is 10.3. The third-order valence-corrected chi connectivity index (χ3v) is 30.6. The molecule has 0 fully saturated rings. The molecule has 0 unspecified atom stereocenters. The fourth-order valence-electron chi connectivity index (χ4n) is 12.8. The fraction of sp³-hybridized carbons (Fsp3) is 0.150. The van der Waals surface area contributed by atoms with Gasteiger partial charge in [-0.15, -0.1) is 0 Å². The first kappa shape index (κ1) is 102. The highest BCUT2D eigenvalue weighted by Crippen LogP contribution is 2.40. The van der Waals surface area contributed by atoms with Crippen LogP contribution < -0.4 is 33.2 Å². The monoisotopic (exact) mass is 1790 g/mol. The van der Waals surface area contributed by atoms with Gasteiger partial charge in [0.2, 0.25) is 0 Å². The Balaban J connectivity index is 0.000000216. The maximum atomic E-state index is 13.4. The molecule has 0 bridgehead atoms. The van der Waals surface area contributed by atoms with Crippen molar-refractivity contribution >= 4 is 54.5 Å². The van der Waals surface area contributed by atoms with Crippen LogP contribution in [0.25, 0.3) is 0 Å². The minimum Gasteiger partial charge on any atom is -0.497 e. The van der Waals surface area contributed by atoms with Crippen LogP contribution in [-0.2, 0) is 54.5 Å². The third kappa shape index (κ3) is 28.9. The van der Waals surface area contributed by atoms with E-state index in [2.05, 4.69) is 260 Å². The van der Waals surface area contributed by atoms with Gasteiger partial charge in [-0.25, -0.2) is 8.78 Å². The van der Waals surface area contributed by atoms with Crippen molar-refractivity contribution in [2.24, 2.45) is 0 Å². The van der Waals surface area contributed by atoms with Crippen molar-refractivity contribution in [1.29, 1.82) is 0 Å². The summed E-state index contributed by atoms with van der Waals surface area (Å²) in [5, 5.41) is 0. The largest absolute Gasteiger partial charge is 0.497 e. The number of hydrogen-bond acceptors (Lipinski definition) is 7. The van der Waals surface area contributed by atoms with Gasteiger partial charge in [0.15, 0.2) is 73.4 Å². The molecule has 0 aliphatic rings. The van der Waals surface area contributed by atoms with E-state index >= 15 is 0 Å². The second-order valence-corrected chi connectivity index (χ2v) is 38.4. The SMILES string of the molecule is C.C.C.C.C.COc1ccc([S+](c2ccc(C)cc2)c2ccc(C)cc2)cc1.COc1ccc([S+](c2ccc(C)cc2)c2ccc(OC)cc2)cc1.COc1ccc([S+](c2ccc(OC)cc2)c2ccc(OC)cc2)cc1.Cc1ccc([S+](c2ccc(C)cc2)c2ccc(C)cc2)cc1.Fc1ccc([S+](c2ccc(F)cc2)c2ccc(Oc3ccccc3)cc2)cc1. The second kappa shape index (κ2) is 51.4. The molecule has 16 rings (SSSR count). The Labute approximate surface area is 770 Å². The summed E-state index contributed by atoms with van der Waals surface area (Å²) >= 11 is 0. The van der Waals surface area contributed by atoms with Gasteiger partial charge in [0.25, 0.3) is 0 Å².